The first kappa shape index (κ1) is 14.0. The van der Waals surface area contributed by atoms with E-state index in [9.17, 15) is 13.6 Å². The molecule has 0 spiro atoms. The van der Waals surface area contributed by atoms with E-state index in [1.807, 2.05) is 0 Å². The van der Waals surface area contributed by atoms with Gasteiger partial charge >= 0.3 is 0 Å². The number of ketones is 1. The van der Waals surface area contributed by atoms with Crippen LogP contribution in [0.15, 0.2) is 30.3 Å². The monoisotopic (exact) mass is 300 g/mol. The van der Waals surface area contributed by atoms with E-state index in [-0.39, 0.29) is 21.2 Å². The van der Waals surface area contributed by atoms with Gasteiger partial charge in [0.25, 0.3) is 0 Å². The molecule has 0 amide bonds. The van der Waals surface area contributed by atoms with Crippen molar-refractivity contribution in [3.05, 3.63) is 68.7 Å². The minimum absolute atomic E-state index is 0.118. The molecule has 0 aromatic heterocycles. The maximum Gasteiger partial charge on any atom is 0.196 e. The number of benzene rings is 2. The predicted octanol–water partition coefficient (Wildman–Crippen LogP) is 4.81. The van der Waals surface area contributed by atoms with Crippen LogP contribution in [0.3, 0.4) is 0 Å². The average Bonchev–Trinajstić information content (AvgIpc) is 2.36. The van der Waals surface area contributed by atoms with Gasteiger partial charge in [-0.25, -0.2) is 8.78 Å². The fourth-order valence-corrected chi connectivity index (χ4v) is 2.11. The van der Waals surface area contributed by atoms with Gasteiger partial charge in [-0.2, -0.15) is 0 Å². The van der Waals surface area contributed by atoms with Gasteiger partial charge in [-0.1, -0.05) is 35.3 Å². The zero-order valence-electron chi connectivity index (χ0n) is 9.81. The Morgan fingerprint density at radius 2 is 1.68 bits per heavy atom. The molecule has 0 aliphatic carbocycles. The van der Waals surface area contributed by atoms with Crippen molar-refractivity contribution in [2.45, 2.75) is 6.92 Å². The molecule has 0 radical (unpaired) electrons. The quantitative estimate of drug-likeness (QED) is 0.574. The number of rotatable bonds is 2. The van der Waals surface area contributed by atoms with E-state index >= 15 is 0 Å². The molecule has 98 valence electrons. The molecule has 0 bridgehead atoms. The highest BCUT2D eigenvalue weighted by Crippen LogP contribution is 2.27. The standard InChI is InChI=1S/C14H8Cl2F2O/c1-7-3-2-4-8(13(7)16)14(19)9-5-11(17)12(18)6-10(9)15/h2-6H,1H3. The molecule has 0 saturated heterocycles. The highest BCUT2D eigenvalue weighted by molar-refractivity contribution is 6.38. The second kappa shape index (κ2) is 5.27. The number of carbonyl (C=O) groups excluding carboxylic acids is 1. The van der Waals surface area contributed by atoms with E-state index in [0.717, 1.165) is 12.1 Å². The fraction of sp³-hybridized carbons (Fsp3) is 0.0714. The molecule has 0 aliphatic rings. The summed E-state index contributed by atoms with van der Waals surface area (Å²) in [6, 6.07) is 6.45. The Morgan fingerprint density at radius 3 is 2.37 bits per heavy atom. The van der Waals surface area contributed by atoms with Crippen molar-refractivity contribution in [1.29, 1.82) is 0 Å². The summed E-state index contributed by atoms with van der Waals surface area (Å²) in [5.74, 6) is -2.77. The van der Waals surface area contributed by atoms with Gasteiger partial charge < -0.3 is 0 Å². The van der Waals surface area contributed by atoms with Crippen molar-refractivity contribution in [2.75, 3.05) is 0 Å². The van der Waals surface area contributed by atoms with Gasteiger partial charge in [-0.05, 0) is 30.7 Å². The Bertz CT molecular complexity index is 669. The summed E-state index contributed by atoms with van der Waals surface area (Å²) in [4.78, 5) is 12.2. The fourth-order valence-electron chi connectivity index (χ4n) is 1.66. The lowest BCUT2D eigenvalue weighted by molar-refractivity contribution is 0.103. The summed E-state index contributed by atoms with van der Waals surface area (Å²) in [6.07, 6.45) is 0. The third-order valence-corrected chi connectivity index (χ3v) is 3.51. The Hall–Kier alpha value is -1.45. The van der Waals surface area contributed by atoms with Gasteiger partial charge in [0.05, 0.1) is 10.0 Å². The van der Waals surface area contributed by atoms with Gasteiger partial charge in [-0.15, -0.1) is 0 Å². The van der Waals surface area contributed by atoms with E-state index in [2.05, 4.69) is 0 Å². The van der Waals surface area contributed by atoms with E-state index in [4.69, 9.17) is 23.2 Å². The van der Waals surface area contributed by atoms with Gasteiger partial charge in [0.2, 0.25) is 0 Å². The molecule has 0 N–H and O–H groups in total. The van der Waals surface area contributed by atoms with Crippen molar-refractivity contribution in [3.8, 4) is 0 Å². The Kier molecular flexibility index (Phi) is 3.88. The zero-order valence-corrected chi connectivity index (χ0v) is 11.3. The first-order valence-corrected chi connectivity index (χ1v) is 6.11. The number of carbonyl (C=O) groups is 1. The van der Waals surface area contributed by atoms with Crippen LogP contribution in [-0.4, -0.2) is 5.78 Å². The first-order valence-electron chi connectivity index (χ1n) is 5.36. The molecule has 2 aromatic rings. The van der Waals surface area contributed by atoms with Gasteiger partial charge in [-0.3, -0.25) is 4.79 Å². The molecule has 1 nitrogen and oxygen atoms in total. The van der Waals surface area contributed by atoms with Crippen LogP contribution >= 0.6 is 23.2 Å². The lowest BCUT2D eigenvalue weighted by atomic mass is 10.0. The second-order valence-corrected chi connectivity index (χ2v) is 4.80. The van der Waals surface area contributed by atoms with Gasteiger partial charge in [0, 0.05) is 11.1 Å². The van der Waals surface area contributed by atoms with Gasteiger partial charge in [0.1, 0.15) is 0 Å². The highest BCUT2D eigenvalue weighted by Gasteiger charge is 2.19. The first-order chi connectivity index (χ1) is 8.91. The largest absolute Gasteiger partial charge is 0.288 e. The molecule has 0 saturated carbocycles. The molecule has 0 fully saturated rings. The normalized spacial score (nSPS) is 10.6. The van der Waals surface area contributed by atoms with Crippen LogP contribution in [0.4, 0.5) is 8.78 Å². The molecule has 0 heterocycles. The van der Waals surface area contributed by atoms with Crippen molar-refractivity contribution >= 4 is 29.0 Å². The summed E-state index contributed by atoms with van der Waals surface area (Å²) < 4.78 is 26.2. The average molecular weight is 301 g/mol. The highest BCUT2D eigenvalue weighted by atomic mass is 35.5. The Balaban J connectivity index is 2.56. The third kappa shape index (κ3) is 2.62. The second-order valence-electron chi connectivity index (χ2n) is 4.01. The van der Waals surface area contributed by atoms with Crippen molar-refractivity contribution in [2.24, 2.45) is 0 Å². The van der Waals surface area contributed by atoms with Crippen LogP contribution in [0, 0.1) is 18.6 Å². The lowest BCUT2D eigenvalue weighted by Gasteiger charge is -2.08. The van der Waals surface area contributed by atoms with Crippen LogP contribution in [0.2, 0.25) is 10.0 Å². The molecular weight excluding hydrogens is 293 g/mol. The molecule has 0 aliphatic heterocycles. The summed E-state index contributed by atoms with van der Waals surface area (Å²) in [5.41, 5.74) is 0.800. The Labute approximate surface area is 118 Å². The molecule has 2 aromatic carbocycles. The van der Waals surface area contributed by atoms with Crippen molar-refractivity contribution < 1.29 is 13.6 Å². The smallest absolute Gasteiger partial charge is 0.196 e. The minimum atomic E-state index is -1.13. The van der Waals surface area contributed by atoms with Crippen LogP contribution in [-0.2, 0) is 0 Å². The topological polar surface area (TPSA) is 17.1 Å². The SMILES string of the molecule is Cc1cccc(C(=O)c2cc(F)c(F)cc2Cl)c1Cl. The summed E-state index contributed by atoms with van der Waals surface area (Å²) >= 11 is 11.8. The zero-order chi connectivity index (χ0) is 14.2. The van der Waals surface area contributed by atoms with Crippen LogP contribution in [0.25, 0.3) is 0 Å². The number of aryl methyl sites for hydroxylation is 1. The number of halogens is 4. The van der Waals surface area contributed by atoms with E-state index in [1.54, 1.807) is 19.1 Å². The predicted molar refractivity (Wildman–Crippen MR) is 71.0 cm³/mol. The summed E-state index contributed by atoms with van der Waals surface area (Å²) in [6.45, 7) is 1.74. The van der Waals surface area contributed by atoms with E-state index < -0.39 is 17.4 Å². The molecule has 2 rings (SSSR count). The molecule has 5 heteroatoms. The lowest BCUT2D eigenvalue weighted by Crippen LogP contribution is -2.05. The van der Waals surface area contributed by atoms with Crippen molar-refractivity contribution in [3.63, 3.8) is 0 Å². The summed E-state index contributed by atoms with van der Waals surface area (Å²) in [7, 11) is 0. The van der Waals surface area contributed by atoms with Crippen LogP contribution in [0.5, 0.6) is 0 Å². The van der Waals surface area contributed by atoms with Crippen LogP contribution < -0.4 is 0 Å². The minimum Gasteiger partial charge on any atom is -0.288 e. The molecule has 19 heavy (non-hydrogen) atoms. The molecule has 0 unspecified atom stereocenters. The van der Waals surface area contributed by atoms with E-state index in [0.29, 0.717) is 5.56 Å². The third-order valence-electron chi connectivity index (χ3n) is 2.69. The number of hydrogen-bond donors (Lipinski definition) is 0. The maximum atomic E-state index is 13.2. The maximum absolute atomic E-state index is 13.2. The molecular formula is C14H8Cl2F2O. The van der Waals surface area contributed by atoms with Crippen LogP contribution in [0.1, 0.15) is 21.5 Å². The number of hydrogen-bond acceptors (Lipinski definition) is 1. The van der Waals surface area contributed by atoms with Crippen molar-refractivity contribution in [1.82, 2.24) is 0 Å². The summed E-state index contributed by atoms with van der Waals surface area (Å²) in [5, 5.41) is 0.120. The molecule has 0 atom stereocenters. The van der Waals surface area contributed by atoms with Gasteiger partial charge in [0.15, 0.2) is 17.4 Å². The van der Waals surface area contributed by atoms with E-state index in [1.165, 1.54) is 6.07 Å². The Morgan fingerprint density at radius 1 is 1.05 bits per heavy atom.